The highest BCUT2D eigenvalue weighted by molar-refractivity contribution is 5.86. The number of aliphatic hydroxyl groups is 1. The Morgan fingerprint density at radius 3 is 2.18 bits per heavy atom. The normalized spacial score (nSPS) is 16.0. The first-order valence-corrected chi connectivity index (χ1v) is 20.7. The van der Waals surface area contributed by atoms with Gasteiger partial charge in [0.1, 0.15) is 6.04 Å². The van der Waals surface area contributed by atoms with Gasteiger partial charge in [0.05, 0.1) is 42.7 Å². The molecule has 3 heterocycles. The number of amides is 5. The Hall–Kier alpha value is -5.82. The molecule has 60 heavy (non-hydrogen) atoms. The number of methoxy groups -OCH3 is 1. The van der Waals surface area contributed by atoms with E-state index in [1.54, 1.807) is 16.0 Å². The summed E-state index contributed by atoms with van der Waals surface area (Å²) < 4.78 is 4.83. The van der Waals surface area contributed by atoms with Crippen LogP contribution in [-0.2, 0) is 33.7 Å². The van der Waals surface area contributed by atoms with E-state index in [4.69, 9.17) is 4.74 Å². The fourth-order valence-corrected chi connectivity index (χ4v) is 7.70. The van der Waals surface area contributed by atoms with Crippen LogP contribution in [0.1, 0.15) is 76.4 Å². The highest BCUT2D eigenvalue weighted by Crippen LogP contribution is 2.29. The first kappa shape index (κ1) is 45.3. The Kier molecular flexibility index (Phi) is 15.4. The number of carbonyl (C=O) groups excluding carboxylic acids is 4. The largest absolute Gasteiger partial charge is 0.453 e. The minimum atomic E-state index is -1.13. The highest BCUT2D eigenvalue weighted by Gasteiger charge is 2.42. The van der Waals surface area contributed by atoms with Crippen LogP contribution in [0.4, 0.5) is 9.59 Å². The van der Waals surface area contributed by atoms with E-state index >= 15 is 0 Å². The average molecular weight is 820 g/mol. The molecule has 0 radical (unpaired) electrons. The zero-order chi connectivity index (χ0) is 43.5. The fourth-order valence-electron chi connectivity index (χ4n) is 7.70. The van der Waals surface area contributed by atoms with Gasteiger partial charge in [-0.25, -0.2) is 9.59 Å². The maximum Gasteiger partial charge on any atom is 0.407 e. The second kappa shape index (κ2) is 20.4. The zero-order valence-electron chi connectivity index (χ0n) is 36.0. The predicted octanol–water partition coefficient (Wildman–Crippen LogP) is 6.23. The number of benzene rings is 2. The van der Waals surface area contributed by atoms with E-state index in [0.717, 1.165) is 33.8 Å². The van der Waals surface area contributed by atoms with Crippen LogP contribution in [-0.4, -0.2) is 98.8 Å². The molecule has 5 rings (SSSR count). The summed E-state index contributed by atoms with van der Waals surface area (Å²) in [6, 6.07) is 26.5. The fraction of sp³-hybridized carbons (Fsp3) is 0.447. The average Bonchev–Trinajstić information content (AvgIpc) is 3.59. The molecule has 0 bridgehead atoms. The number of hydrogen-bond acceptors (Lipinski definition) is 8. The third-order valence-electron chi connectivity index (χ3n) is 11.3. The zero-order valence-corrected chi connectivity index (χ0v) is 36.0. The van der Waals surface area contributed by atoms with E-state index in [9.17, 15) is 24.3 Å². The van der Waals surface area contributed by atoms with E-state index in [0.29, 0.717) is 32.5 Å². The number of aromatic nitrogens is 2. The van der Waals surface area contributed by atoms with Gasteiger partial charge in [0, 0.05) is 43.0 Å². The van der Waals surface area contributed by atoms with E-state index in [-0.39, 0.29) is 31.2 Å². The van der Waals surface area contributed by atoms with Crippen LogP contribution >= 0.6 is 0 Å². The number of nitrogens with zero attached hydrogens (tertiary/aromatic N) is 4. The molecule has 0 saturated carbocycles. The summed E-state index contributed by atoms with van der Waals surface area (Å²) in [5, 5.41) is 21.0. The molecule has 4 aromatic rings. The summed E-state index contributed by atoms with van der Waals surface area (Å²) >= 11 is 0. The number of urea groups is 1. The lowest BCUT2D eigenvalue weighted by Crippen LogP contribution is -2.58. The van der Waals surface area contributed by atoms with Gasteiger partial charge in [-0.15, -0.1) is 0 Å². The van der Waals surface area contributed by atoms with Crippen molar-refractivity contribution in [2.45, 2.75) is 110 Å². The van der Waals surface area contributed by atoms with Crippen LogP contribution in [0.2, 0.25) is 0 Å². The summed E-state index contributed by atoms with van der Waals surface area (Å²) in [6.45, 7) is 12.7. The van der Waals surface area contributed by atoms with Crippen molar-refractivity contribution in [3.05, 3.63) is 120 Å². The number of aliphatic hydroxyl groups excluding tert-OH is 1. The molecule has 2 aromatic heterocycles. The number of alkyl carbamates (subject to hydrolysis) is 1. The Labute approximate surface area is 354 Å². The summed E-state index contributed by atoms with van der Waals surface area (Å²) in [5.41, 5.74) is 3.80. The van der Waals surface area contributed by atoms with Crippen molar-refractivity contribution < 1.29 is 29.0 Å². The molecular weight excluding hydrogens is 759 g/mol. The number of rotatable bonds is 18. The SMILES string of the molecule is CCC(C)(CC(=O)N[C@@H](Cc1ccccc1)C[C@H](O)[C@H](Cc1ccc(-c2ccccn2)cc1)NC(=O)[C@@H](NC(=O)OC)C(C)(C)C)N1CCN(Cc2cccc(C)n2)C1=O. The van der Waals surface area contributed by atoms with Gasteiger partial charge in [-0.3, -0.25) is 19.6 Å². The van der Waals surface area contributed by atoms with E-state index in [2.05, 4.69) is 25.9 Å². The molecule has 13 heteroatoms. The molecule has 2 aromatic carbocycles. The second-order valence-electron chi connectivity index (χ2n) is 17.1. The molecule has 320 valence electrons. The Morgan fingerprint density at radius 1 is 0.850 bits per heavy atom. The van der Waals surface area contributed by atoms with Crippen LogP contribution in [0.3, 0.4) is 0 Å². The van der Waals surface area contributed by atoms with E-state index in [1.165, 1.54) is 7.11 Å². The number of hydrogen-bond donors (Lipinski definition) is 4. The van der Waals surface area contributed by atoms with Gasteiger partial charge in [-0.05, 0) is 80.3 Å². The van der Waals surface area contributed by atoms with Crippen molar-refractivity contribution in [1.29, 1.82) is 0 Å². The molecule has 1 fully saturated rings. The maximum absolute atomic E-state index is 14.1. The van der Waals surface area contributed by atoms with Crippen LogP contribution in [0.5, 0.6) is 0 Å². The van der Waals surface area contributed by atoms with Gasteiger partial charge < -0.3 is 35.6 Å². The molecule has 0 spiro atoms. The van der Waals surface area contributed by atoms with Gasteiger partial charge in [0.2, 0.25) is 11.8 Å². The van der Waals surface area contributed by atoms with Crippen molar-refractivity contribution in [2.75, 3.05) is 20.2 Å². The quantitative estimate of drug-likeness (QED) is 0.0919. The number of aryl methyl sites for hydroxylation is 1. The topological polar surface area (TPSA) is 166 Å². The number of pyridine rings is 2. The minimum Gasteiger partial charge on any atom is -0.453 e. The van der Waals surface area contributed by atoms with Crippen molar-refractivity contribution in [3.63, 3.8) is 0 Å². The maximum atomic E-state index is 14.1. The first-order chi connectivity index (χ1) is 28.6. The van der Waals surface area contributed by atoms with Gasteiger partial charge in [-0.2, -0.15) is 0 Å². The lowest BCUT2D eigenvalue weighted by Gasteiger charge is -2.38. The standard InChI is InChI=1S/C47H61N7O6/c1-8-47(6,54-26-25-53(45(54)59)31-36-18-14-15-32(2)49-36)30-41(56)50-37(27-33-16-10-9-11-17-33)29-40(55)39(51-43(57)42(46(3,4)5)52-44(58)60-7)28-34-20-22-35(23-21-34)38-19-12-13-24-48-38/h9-24,37,39-40,42,55H,8,25-31H2,1-7H3,(H,50,56)(H,51,57)(H,52,58)/t37-,39-,40-,42+,47?/m0/s1. The second-order valence-corrected chi connectivity index (χ2v) is 17.1. The molecule has 5 amide bonds. The minimum absolute atomic E-state index is 0.0579. The molecular formula is C47H61N7O6. The lowest BCUT2D eigenvalue weighted by molar-refractivity contribution is -0.127. The third-order valence-corrected chi connectivity index (χ3v) is 11.3. The number of ether oxygens (including phenoxy) is 1. The molecule has 1 unspecified atom stereocenters. The monoisotopic (exact) mass is 819 g/mol. The van der Waals surface area contributed by atoms with Crippen LogP contribution < -0.4 is 16.0 Å². The molecule has 1 aliphatic heterocycles. The molecule has 0 aliphatic carbocycles. The molecule has 1 saturated heterocycles. The van der Waals surface area contributed by atoms with Gasteiger partial charge in [0.25, 0.3) is 0 Å². The Morgan fingerprint density at radius 2 is 1.55 bits per heavy atom. The molecule has 13 nitrogen and oxygen atoms in total. The number of carbonyl (C=O) groups is 4. The molecule has 4 N–H and O–H groups in total. The summed E-state index contributed by atoms with van der Waals surface area (Å²) in [7, 11) is 1.24. The lowest BCUT2D eigenvalue weighted by atomic mass is 9.85. The van der Waals surface area contributed by atoms with Gasteiger partial charge >= 0.3 is 12.1 Å². The van der Waals surface area contributed by atoms with E-state index < -0.39 is 47.2 Å². The van der Waals surface area contributed by atoms with Crippen molar-refractivity contribution in [1.82, 2.24) is 35.7 Å². The van der Waals surface area contributed by atoms with Crippen molar-refractivity contribution in [3.8, 4) is 11.3 Å². The summed E-state index contributed by atoms with van der Waals surface area (Å²) in [5.74, 6) is -0.730. The molecule has 5 atom stereocenters. The van der Waals surface area contributed by atoms with Crippen LogP contribution in [0, 0.1) is 12.3 Å². The van der Waals surface area contributed by atoms with E-state index in [1.807, 2.05) is 133 Å². The van der Waals surface area contributed by atoms with Crippen molar-refractivity contribution >= 4 is 23.9 Å². The summed E-state index contributed by atoms with van der Waals surface area (Å²) in [4.78, 5) is 66.8. The first-order valence-electron chi connectivity index (χ1n) is 20.7. The van der Waals surface area contributed by atoms with Gasteiger partial charge in [-0.1, -0.05) is 94.4 Å². The molecule has 1 aliphatic rings. The Bertz CT molecular complexity index is 2040. The predicted molar refractivity (Wildman–Crippen MR) is 232 cm³/mol. The third kappa shape index (κ3) is 12.4. The van der Waals surface area contributed by atoms with Crippen molar-refractivity contribution in [2.24, 2.45) is 5.41 Å². The van der Waals surface area contributed by atoms with Crippen LogP contribution in [0.15, 0.2) is 97.2 Å². The van der Waals surface area contributed by atoms with Gasteiger partial charge in [0.15, 0.2) is 0 Å². The summed E-state index contributed by atoms with van der Waals surface area (Å²) in [6.07, 6.45) is 1.25. The number of nitrogens with one attached hydrogen (secondary N) is 3. The van der Waals surface area contributed by atoms with Crippen LogP contribution in [0.25, 0.3) is 11.3 Å². The highest BCUT2D eigenvalue weighted by atomic mass is 16.5. The Balaban J connectivity index is 1.36. The smallest absolute Gasteiger partial charge is 0.407 e.